The van der Waals surface area contributed by atoms with E-state index in [4.69, 9.17) is 10.9 Å². The third-order valence-corrected chi connectivity index (χ3v) is 4.00. The maximum absolute atomic E-state index is 12.3. The van der Waals surface area contributed by atoms with Gasteiger partial charge in [-0.15, -0.1) is 0 Å². The van der Waals surface area contributed by atoms with Crippen LogP contribution in [0.25, 0.3) is 0 Å². The van der Waals surface area contributed by atoms with Gasteiger partial charge in [-0.25, -0.2) is 5.48 Å². The summed E-state index contributed by atoms with van der Waals surface area (Å²) in [7, 11) is 0. The van der Waals surface area contributed by atoms with Gasteiger partial charge in [0.15, 0.2) is 0 Å². The van der Waals surface area contributed by atoms with Gasteiger partial charge in [-0.1, -0.05) is 17.9 Å². The first-order chi connectivity index (χ1) is 13.9. The molecule has 2 aromatic carbocycles. The van der Waals surface area contributed by atoms with Gasteiger partial charge in [0.25, 0.3) is 11.8 Å². The smallest absolute Gasteiger partial charge is 0.268 e. The molecule has 2 aromatic rings. The number of rotatable bonds is 7. The maximum Gasteiger partial charge on any atom is 0.268 e. The molecule has 0 saturated heterocycles. The summed E-state index contributed by atoms with van der Waals surface area (Å²) in [5, 5.41) is 23.8. The Morgan fingerprint density at radius 3 is 2.41 bits per heavy atom. The van der Waals surface area contributed by atoms with Crippen LogP contribution in [0, 0.1) is 11.8 Å². The van der Waals surface area contributed by atoms with Gasteiger partial charge in [0.1, 0.15) is 6.04 Å². The molecule has 7 N–H and O–H groups in total. The van der Waals surface area contributed by atoms with Crippen LogP contribution in [0.4, 0.5) is 5.69 Å². The molecule has 8 nitrogen and oxygen atoms in total. The van der Waals surface area contributed by atoms with Gasteiger partial charge in [0.2, 0.25) is 0 Å². The van der Waals surface area contributed by atoms with E-state index in [1.807, 2.05) is 24.3 Å². The van der Waals surface area contributed by atoms with Crippen LogP contribution in [0.2, 0.25) is 0 Å². The minimum absolute atomic E-state index is 0.292. The fourth-order valence-electron chi connectivity index (χ4n) is 2.47. The molecule has 0 heterocycles. The summed E-state index contributed by atoms with van der Waals surface area (Å²) in [5.41, 5.74) is 9.68. The zero-order valence-corrected chi connectivity index (χ0v) is 16.0. The van der Waals surface area contributed by atoms with Gasteiger partial charge >= 0.3 is 0 Å². The third-order valence-electron chi connectivity index (χ3n) is 4.00. The molecule has 0 aliphatic carbocycles. The molecular weight excluding hydrogens is 372 g/mol. The van der Waals surface area contributed by atoms with Crippen LogP contribution in [0.5, 0.6) is 0 Å². The highest BCUT2D eigenvalue weighted by molar-refractivity contribution is 5.97. The van der Waals surface area contributed by atoms with Crippen LogP contribution in [0.3, 0.4) is 0 Å². The predicted octanol–water partition coefficient (Wildman–Crippen LogP) is 0.442. The number of hydroxylamine groups is 1. The summed E-state index contributed by atoms with van der Waals surface area (Å²) in [5.74, 6) is 4.62. The molecule has 0 aliphatic rings. The van der Waals surface area contributed by atoms with Crippen LogP contribution >= 0.6 is 0 Å². The average Bonchev–Trinajstić information content (AvgIpc) is 2.74. The summed E-state index contributed by atoms with van der Waals surface area (Å²) < 4.78 is 0. The average molecular weight is 396 g/mol. The Labute approximate surface area is 169 Å². The Kier molecular flexibility index (Phi) is 8.18. The van der Waals surface area contributed by atoms with E-state index in [1.54, 1.807) is 24.3 Å². The summed E-state index contributed by atoms with van der Waals surface area (Å²) in [4.78, 5) is 23.8. The molecule has 2 amide bonds. The first kappa shape index (κ1) is 21.9. The molecule has 2 atom stereocenters. The van der Waals surface area contributed by atoms with Crippen LogP contribution in [0.1, 0.15) is 28.4 Å². The van der Waals surface area contributed by atoms with E-state index in [0.29, 0.717) is 24.2 Å². The van der Waals surface area contributed by atoms with E-state index in [0.717, 1.165) is 11.3 Å². The predicted molar refractivity (Wildman–Crippen MR) is 109 cm³/mol. The first-order valence-corrected chi connectivity index (χ1v) is 9.03. The lowest BCUT2D eigenvalue weighted by molar-refractivity contribution is -0.133. The second-order valence-electron chi connectivity index (χ2n) is 6.29. The van der Waals surface area contributed by atoms with E-state index in [9.17, 15) is 14.7 Å². The van der Waals surface area contributed by atoms with E-state index in [1.165, 1.54) is 12.4 Å². The highest BCUT2D eigenvalue weighted by Gasteiger charge is 2.25. The van der Waals surface area contributed by atoms with Crippen LogP contribution in [-0.2, 0) is 4.79 Å². The molecule has 0 spiro atoms. The van der Waals surface area contributed by atoms with Gasteiger partial charge in [0, 0.05) is 35.5 Å². The number of benzene rings is 2. The van der Waals surface area contributed by atoms with Crippen LogP contribution in [-0.4, -0.2) is 47.4 Å². The van der Waals surface area contributed by atoms with E-state index in [2.05, 4.69) is 22.5 Å². The van der Waals surface area contributed by atoms with E-state index in [-0.39, 0.29) is 0 Å². The molecule has 0 radical (unpaired) electrons. The lowest BCUT2D eigenvalue weighted by Crippen LogP contribution is -2.51. The lowest BCUT2D eigenvalue weighted by Gasteiger charge is -2.19. The topological polar surface area (TPSA) is 137 Å². The largest absolute Gasteiger partial charge is 0.391 e. The van der Waals surface area contributed by atoms with E-state index >= 15 is 0 Å². The monoisotopic (exact) mass is 396 g/mol. The van der Waals surface area contributed by atoms with Crippen molar-refractivity contribution >= 4 is 17.5 Å². The molecule has 0 aromatic heterocycles. The summed E-state index contributed by atoms with van der Waals surface area (Å²) in [6.07, 6.45) is -1.17. The number of amides is 2. The van der Waals surface area contributed by atoms with Crippen molar-refractivity contribution in [3.8, 4) is 11.8 Å². The van der Waals surface area contributed by atoms with Crippen molar-refractivity contribution in [1.29, 1.82) is 0 Å². The molecule has 0 fully saturated rings. The van der Waals surface area contributed by atoms with Gasteiger partial charge in [-0.3, -0.25) is 14.8 Å². The Bertz CT molecular complexity index is 901. The second kappa shape index (κ2) is 10.8. The van der Waals surface area contributed by atoms with Crippen molar-refractivity contribution in [3.05, 3.63) is 65.2 Å². The molecular formula is C21H24N4O4. The number of carbonyl (C=O) groups is 2. The van der Waals surface area contributed by atoms with Crippen molar-refractivity contribution in [2.45, 2.75) is 19.1 Å². The fraction of sp³-hybridized carbons (Fsp3) is 0.238. The third kappa shape index (κ3) is 6.62. The number of aliphatic hydroxyl groups excluding tert-OH is 1. The number of hydrogen-bond acceptors (Lipinski definition) is 6. The standard InChI is InChI=1S/C21H24N4O4/c1-14(26)19(21(28)25-29)24-20(27)17-9-7-15(8-10-17)5-6-16-3-2-4-18(13-16)23-12-11-22/h2-4,7-10,13-14,19,23,26,29H,11-12,22H2,1H3,(H,24,27)(H,25,28)/t14-,19+/m1/s1. The Morgan fingerprint density at radius 1 is 1.10 bits per heavy atom. The van der Waals surface area contributed by atoms with Crippen molar-refractivity contribution < 1.29 is 19.9 Å². The zero-order chi connectivity index (χ0) is 21.2. The van der Waals surface area contributed by atoms with Gasteiger partial charge in [-0.05, 0) is 49.4 Å². The van der Waals surface area contributed by atoms with Gasteiger partial charge < -0.3 is 21.5 Å². The molecule has 8 heteroatoms. The number of anilines is 1. The number of hydrogen-bond donors (Lipinski definition) is 6. The molecule has 0 bridgehead atoms. The molecule has 2 rings (SSSR count). The fourth-order valence-corrected chi connectivity index (χ4v) is 2.47. The summed E-state index contributed by atoms with van der Waals surface area (Å²) in [6, 6.07) is 12.9. The number of nitrogens with two attached hydrogens (primary N) is 1. The van der Waals surface area contributed by atoms with Crippen LogP contribution in [0.15, 0.2) is 48.5 Å². The summed E-state index contributed by atoms with van der Waals surface area (Å²) >= 11 is 0. The number of aliphatic hydroxyl groups is 1. The summed E-state index contributed by atoms with van der Waals surface area (Å²) in [6.45, 7) is 2.55. The molecule has 0 aliphatic heterocycles. The van der Waals surface area contributed by atoms with E-state index < -0.39 is 24.0 Å². The highest BCUT2D eigenvalue weighted by Crippen LogP contribution is 2.10. The van der Waals surface area contributed by atoms with Crippen molar-refractivity contribution in [2.75, 3.05) is 18.4 Å². The first-order valence-electron chi connectivity index (χ1n) is 9.03. The normalized spacial score (nSPS) is 12.1. The van der Waals surface area contributed by atoms with Gasteiger partial charge in [-0.2, -0.15) is 0 Å². The SMILES string of the molecule is C[C@@H](O)[C@H](NC(=O)c1ccc(C#Cc2cccc(NCCN)c2)cc1)C(=O)NO. The van der Waals surface area contributed by atoms with Crippen molar-refractivity contribution in [2.24, 2.45) is 5.73 Å². The zero-order valence-electron chi connectivity index (χ0n) is 16.0. The van der Waals surface area contributed by atoms with Crippen LogP contribution < -0.4 is 21.8 Å². The number of nitrogens with one attached hydrogen (secondary N) is 3. The molecule has 0 saturated carbocycles. The molecule has 29 heavy (non-hydrogen) atoms. The Morgan fingerprint density at radius 2 is 1.79 bits per heavy atom. The lowest BCUT2D eigenvalue weighted by atomic mass is 10.1. The minimum atomic E-state index is -1.27. The van der Waals surface area contributed by atoms with Crippen molar-refractivity contribution in [3.63, 3.8) is 0 Å². The quantitative estimate of drug-likeness (QED) is 0.228. The van der Waals surface area contributed by atoms with Crippen molar-refractivity contribution in [1.82, 2.24) is 10.8 Å². The van der Waals surface area contributed by atoms with Gasteiger partial charge in [0.05, 0.1) is 6.10 Å². The second-order valence-corrected chi connectivity index (χ2v) is 6.29. The number of carbonyl (C=O) groups excluding carboxylic acids is 2. The molecule has 0 unspecified atom stereocenters. The Balaban J connectivity index is 2.06. The molecule has 152 valence electrons. The maximum atomic E-state index is 12.3. The minimum Gasteiger partial charge on any atom is -0.391 e. The Hall–Kier alpha value is -3.38. The highest BCUT2D eigenvalue weighted by atomic mass is 16.5.